The predicted octanol–water partition coefficient (Wildman–Crippen LogP) is 9.85. The molecule has 2 aliphatic rings. The molecule has 1 spiro atoms. The molecule has 8 rings (SSSR count). The number of rotatable bonds is 4. The molecule has 0 radical (unpaired) electrons. The average Bonchev–Trinajstić information content (AvgIpc) is 3.49. The maximum absolute atomic E-state index is 2.49. The molecule has 0 heteroatoms. The van der Waals surface area contributed by atoms with Crippen LogP contribution in [0.25, 0.3) is 33.4 Å². The maximum Gasteiger partial charge on any atom is 0.0725 e. The van der Waals surface area contributed by atoms with Crippen molar-refractivity contribution in [2.24, 2.45) is 0 Å². The normalized spacial score (nSPS) is 13.5. The Morgan fingerprint density at radius 1 is 0.400 bits per heavy atom. The van der Waals surface area contributed by atoms with E-state index in [2.05, 4.69) is 146 Å². The molecule has 0 saturated carbocycles. The SMILES string of the molecule is CCc1ccc(-c2ccc(Cc3ccc4c(c3)C3(c5ccccc5-c5ccccc53)c3ccccc3-4)cc2)cc1. The minimum absolute atomic E-state index is 0.274. The monoisotopic (exact) mass is 510 g/mol. The van der Waals surface area contributed by atoms with Gasteiger partial charge in [-0.2, -0.15) is 0 Å². The summed E-state index contributed by atoms with van der Waals surface area (Å²) in [5, 5.41) is 0. The molecular weight excluding hydrogens is 480 g/mol. The summed E-state index contributed by atoms with van der Waals surface area (Å²) in [6, 6.07) is 52.3. The van der Waals surface area contributed by atoms with Crippen molar-refractivity contribution in [3.8, 4) is 33.4 Å². The molecule has 0 atom stereocenters. The quantitative estimate of drug-likeness (QED) is 0.221. The van der Waals surface area contributed by atoms with Crippen LogP contribution >= 0.6 is 0 Å². The Morgan fingerprint density at radius 2 is 0.825 bits per heavy atom. The summed E-state index contributed by atoms with van der Waals surface area (Å²) in [4.78, 5) is 0. The second-order valence-corrected chi connectivity index (χ2v) is 11.2. The first-order valence-corrected chi connectivity index (χ1v) is 14.4. The van der Waals surface area contributed by atoms with E-state index in [9.17, 15) is 0 Å². The third-order valence-corrected chi connectivity index (χ3v) is 9.12. The summed E-state index contributed by atoms with van der Waals surface area (Å²) in [6.45, 7) is 2.20. The first kappa shape index (κ1) is 23.2. The van der Waals surface area contributed by atoms with Crippen molar-refractivity contribution in [1.82, 2.24) is 0 Å². The molecule has 0 saturated heterocycles. The van der Waals surface area contributed by atoms with E-state index in [0.717, 1.165) is 12.8 Å². The lowest BCUT2D eigenvalue weighted by Crippen LogP contribution is -2.26. The van der Waals surface area contributed by atoms with Gasteiger partial charge >= 0.3 is 0 Å². The summed E-state index contributed by atoms with van der Waals surface area (Å²) >= 11 is 0. The van der Waals surface area contributed by atoms with Crippen molar-refractivity contribution >= 4 is 0 Å². The molecule has 0 unspecified atom stereocenters. The topological polar surface area (TPSA) is 0 Å². The van der Waals surface area contributed by atoms with Crippen LogP contribution in [0.1, 0.15) is 45.9 Å². The number of hydrogen-bond acceptors (Lipinski definition) is 0. The lowest BCUT2D eigenvalue weighted by atomic mass is 9.70. The first-order valence-electron chi connectivity index (χ1n) is 14.4. The fraction of sp³-hybridized carbons (Fsp3) is 0.100. The lowest BCUT2D eigenvalue weighted by molar-refractivity contribution is 0.792. The van der Waals surface area contributed by atoms with Crippen LogP contribution in [-0.2, 0) is 18.3 Å². The van der Waals surface area contributed by atoms with Crippen molar-refractivity contribution in [3.63, 3.8) is 0 Å². The highest BCUT2D eigenvalue weighted by atomic mass is 14.5. The van der Waals surface area contributed by atoms with Gasteiger partial charge in [0.05, 0.1) is 5.41 Å². The van der Waals surface area contributed by atoms with Crippen LogP contribution < -0.4 is 0 Å². The number of hydrogen-bond donors (Lipinski definition) is 0. The van der Waals surface area contributed by atoms with Crippen LogP contribution in [0.5, 0.6) is 0 Å². The van der Waals surface area contributed by atoms with Gasteiger partial charge in [0.25, 0.3) is 0 Å². The Morgan fingerprint density at radius 3 is 1.32 bits per heavy atom. The van der Waals surface area contributed by atoms with Crippen LogP contribution in [0, 0.1) is 0 Å². The van der Waals surface area contributed by atoms with Gasteiger partial charge in [-0.15, -0.1) is 0 Å². The number of benzene rings is 6. The molecule has 2 aliphatic carbocycles. The van der Waals surface area contributed by atoms with Gasteiger partial charge in [0.1, 0.15) is 0 Å². The third kappa shape index (κ3) is 3.26. The van der Waals surface area contributed by atoms with Gasteiger partial charge in [-0.05, 0) is 85.2 Å². The van der Waals surface area contributed by atoms with Gasteiger partial charge < -0.3 is 0 Å². The minimum atomic E-state index is -0.274. The van der Waals surface area contributed by atoms with Gasteiger partial charge in [-0.25, -0.2) is 0 Å². The van der Waals surface area contributed by atoms with Gasteiger partial charge in [0.2, 0.25) is 0 Å². The zero-order valence-corrected chi connectivity index (χ0v) is 22.7. The molecule has 0 nitrogen and oxygen atoms in total. The fourth-order valence-electron chi connectivity index (χ4n) is 7.24. The minimum Gasteiger partial charge on any atom is -0.0619 e. The Balaban J connectivity index is 1.23. The molecule has 6 aromatic carbocycles. The summed E-state index contributed by atoms with van der Waals surface area (Å²) < 4.78 is 0. The van der Waals surface area contributed by atoms with E-state index in [1.165, 1.54) is 72.3 Å². The smallest absolute Gasteiger partial charge is 0.0619 e. The zero-order valence-electron chi connectivity index (χ0n) is 22.7. The summed E-state index contributed by atoms with van der Waals surface area (Å²) in [6.07, 6.45) is 1.99. The van der Waals surface area contributed by atoms with Crippen molar-refractivity contribution in [2.75, 3.05) is 0 Å². The van der Waals surface area contributed by atoms with E-state index in [1.807, 2.05) is 0 Å². The Labute approximate surface area is 236 Å². The molecule has 0 amide bonds. The second kappa shape index (κ2) is 8.93. The summed E-state index contributed by atoms with van der Waals surface area (Å²) in [5.41, 5.74) is 17.4. The van der Waals surface area contributed by atoms with Crippen LogP contribution in [0.2, 0.25) is 0 Å². The van der Waals surface area contributed by atoms with E-state index in [4.69, 9.17) is 0 Å². The molecule has 0 aliphatic heterocycles. The summed E-state index contributed by atoms with van der Waals surface area (Å²) in [5.74, 6) is 0. The molecule has 0 fully saturated rings. The second-order valence-electron chi connectivity index (χ2n) is 11.2. The molecule has 0 N–H and O–H groups in total. The average molecular weight is 511 g/mol. The van der Waals surface area contributed by atoms with E-state index in [0.29, 0.717) is 0 Å². The highest BCUT2D eigenvalue weighted by molar-refractivity contribution is 5.95. The van der Waals surface area contributed by atoms with Crippen LogP contribution in [0.3, 0.4) is 0 Å². The van der Waals surface area contributed by atoms with Crippen molar-refractivity contribution in [1.29, 1.82) is 0 Å². The van der Waals surface area contributed by atoms with E-state index in [1.54, 1.807) is 0 Å². The van der Waals surface area contributed by atoms with Gasteiger partial charge in [0, 0.05) is 0 Å². The van der Waals surface area contributed by atoms with Crippen molar-refractivity contribution < 1.29 is 0 Å². The maximum atomic E-state index is 2.49. The van der Waals surface area contributed by atoms with E-state index in [-0.39, 0.29) is 5.41 Å². The standard InChI is InChI=1S/C40H30/c1-2-27-15-20-30(21-16-27)31-22-17-28(18-23-31)25-29-19-24-35-34-11-5-8-14-38(34)40(39(35)26-29)36-12-6-3-9-32(36)33-10-4-7-13-37(33)40/h3-24,26H,2,25H2,1H3. The molecule has 40 heavy (non-hydrogen) atoms. The van der Waals surface area contributed by atoms with Crippen molar-refractivity contribution in [2.45, 2.75) is 25.2 Å². The Bertz CT molecular complexity index is 1820. The highest BCUT2D eigenvalue weighted by Crippen LogP contribution is 2.62. The Hall–Kier alpha value is -4.68. The van der Waals surface area contributed by atoms with Gasteiger partial charge in [-0.1, -0.05) is 146 Å². The third-order valence-electron chi connectivity index (χ3n) is 9.12. The molecule has 0 aromatic heterocycles. The largest absolute Gasteiger partial charge is 0.0725 e. The zero-order chi connectivity index (χ0) is 26.7. The van der Waals surface area contributed by atoms with Crippen LogP contribution in [0.4, 0.5) is 0 Å². The highest BCUT2D eigenvalue weighted by Gasteiger charge is 2.51. The number of aryl methyl sites for hydroxylation is 1. The predicted molar refractivity (Wildman–Crippen MR) is 167 cm³/mol. The van der Waals surface area contributed by atoms with Crippen LogP contribution in [-0.4, -0.2) is 0 Å². The molecule has 6 aromatic rings. The van der Waals surface area contributed by atoms with Crippen molar-refractivity contribution in [3.05, 3.63) is 178 Å². The lowest BCUT2D eigenvalue weighted by Gasteiger charge is -2.30. The van der Waals surface area contributed by atoms with Gasteiger partial charge in [0.15, 0.2) is 0 Å². The summed E-state index contributed by atoms with van der Waals surface area (Å²) in [7, 11) is 0. The fourth-order valence-corrected chi connectivity index (χ4v) is 7.24. The molecular formula is C40H30. The first-order chi connectivity index (χ1) is 19.8. The molecule has 0 bridgehead atoms. The Kier molecular flexibility index (Phi) is 5.19. The van der Waals surface area contributed by atoms with Gasteiger partial charge in [-0.3, -0.25) is 0 Å². The number of fused-ring (bicyclic) bond motifs is 10. The molecule has 0 heterocycles. The van der Waals surface area contributed by atoms with E-state index >= 15 is 0 Å². The van der Waals surface area contributed by atoms with E-state index < -0.39 is 0 Å². The van der Waals surface area contributed by atoms with Crippen LogP contribution in [0.15, 0.2) is 140 Å². The molecule has 190 valence electrons.